The molecule has 0 aliphatic heterocycles. The average Bonchev–Trinajstić information content (AvgIpc) is 2.04. The van der Waals surface area contributed by atoms with Gasteiger partial charge in [0, 0.05) is 0 Å². The van der Waals surface area contributed by atoms with Crippen LogP contribution in [0.1, 0.15) is 0 Å². The zero-order valence-electron chi connectivity index (χ0n) is 6.60. The minimum atomic E-state index is -3.79. The lowest BCUT2D eigenvalue weighted by Gasteiger charge is -2.03. The zero-order chi connectivity index (χ0) is 9.90. The Morgan fingerprint density at radius 3 is 2.54 bits per heavy atom. The molecule has 0 atom stereocenters. The summed E-state index contributed by atoms with van der Waals surface area (Å²) >= 11 is 5.65. The molecule has 0 saturated heterocycles. The van der Waals surface area contributed by atoms with E-state index in [1.165, 1.54) is 12.1 Å². The number of benzene rings is 1. The summed E-state index contributed by atoms with van der Waals surface area (Å²) in [4.78, 5) is -0.0587. The summed E-state index contributed by atoms with van der Waals surface area (Å²) < 4.78 is 26.9. The fraction of sp³-hybridized carbons (Fsp3) is 0. The van der Waals surface area contributed by atoms with Gasteiger partial charge in [0.05, 0.1) is 11.3 Å². The first-order chi connectivity index (χ1) is 6.08. The first-order valence-corrected chi connectivity index (χ1v) is 5.15. The van der Waals surface area contributed by atoms with E-state index in [4.69, 9.17) is 11.6 Å². The highest BCUT2D eigenvalue weighted by molar-refractivity contribution is 7.87. The van der Waals surface area contributed by atoms with Crippen LogP contribution >= 0.6 is 11.6 Å². The molecule has 5 heteroatoms. The number of hydrogen-bond acceptors (Lipinski definition) is 3. The third-order valence-corrected chi connectivity index (χ3v) is 3.03. The number of hydrogen-bond donors (Lipinski definition) is 0. The van der Waals surface area contributed by atoms with E-state index in [0.717, 1.165) is 6.26 Å². The standard InChI is InChI=1S/C8H7ClO3S/c1-2-12-13(10,11)8-6-4-3-5-7(8)9/h2-6H,1H2. The largest absolute Gasteiger partial charge is 0.388 e. The maximum Gasteiger partial charge on any atom is 0.340 e. The van der Waals surface area contributed by atoms with Crippen LogP contribution in [0, 0.1) is 0 Å². The molecule has 1 aromatic rings. The van der Waals surface area contributed by atoms with E-state index in [9.17, 15) is 8.42 Å². The molecule has 0 saturated carbocycles. The van der Waals surface area contributed by atoms with Crippen molar-refractivity contribution >= 4 is 21.7 Å². The molecule has 0 aliphatic carbocycles. The van der Waals surface area contributed by atoms with E-state index in [0.29, 0.717) is 0 Å². The lowest BCUT2D eigenvalue weighted by Crippen LogP contribution is -2.02. The van der Waals surface area contributed by atoms with Crippen LogP contribution in [0.15, 0.2) is 42.0 Å². The Labute approximate surface area is 81.7 Å². The van der Waals surface area contributed by atoms with Crippen LogP contribution in [0.3, 0.4) is 0 Å². The maximum atomic E-state index is 11.3. The van der Waals surface area contributed by atoms with Gasteiger partial charge in [-0.25, -0.2) is 0 Å². The predicted molar refractivity (Wildman–Crippen MR) is 49.9 cm³/mol. The van der Waals surface area contributed by atoms with Crippen molar-refractivity contribution in [3.63, 3.8) is 0 Å². The first kappa shape index (κ1) is 10.1. The van der Waals surface area contributed by atoms with Gasteiger partial charge in [-0.3, -0.25) is 0 Å². The van der Waals surface area contributed by atoms with Gasteiger partial charge >= 0.3 is 10.1 Å². The van der Waals surface area contributed by atoms with Gasteiger partial charge in [-0.2, -0.15) is 8.42 Å². The second kappa shape index (κ2) is 3.81. The highest BCUT2D eigenvalue weighted by Crippen LogP contribution is 2.22. The normalized spacial score (nSPS) is 10.8. The van der Waals surface area contributed by atoms with Crippen LogP contribution in [0.2, 0.25) is 5.02 Å². The minimum absolute atomic E-state index is 0.0587. The van der Waals surface area contributed by atoms with Crippen LogP contribution in [0.25, 0.3) is 0 Å². The summed E-state index contributed by atoms with van der Waals surface area (Å²) in [7, 11) is -3.79. The number of halogens is 1. The van der Waals surface area contributed by atoms with Crippen LogP contribution in [-0.4, -0.2) is 8.42 Å². The zero-order valence-corrected chi connectivity index (χ0v) is 8.18. The maximum absolute atomic E-state index is 11.3. The quantitative estimate of drug-likeness (QED) is 0.577. The van der Waals surface area contributed by atoms with Gasteiger partial charge < -0.3 is 4.18 Å². The molecule has 13 heavy (non-hydrogen) atoms. The van der Waals surface area contributed by atoms with Crippen molar-refractivity contribution in [2.75, 3.05) is 0 Å². The topological polar surface area (TPSA) is 43.4 Å². The van der Waals surface area contributed by atoms with Gasteiger partial charge in [0.25, 0.3) is 0 Å². The van der Waals surface area contributed by atoms with Crippen LogP contribution in [0.4, 0.5) is 0 Å². The molecule has 0 amide bonds. The van der Waals surface area contributed by atoms with Crippen molar-refractivity contribution in [1.82, 2.24) is 0 Å². The molecule has 0 radical (unpaired) electrons. The lowest BCUT2D eigenvalue weighted by molar-refractivity contribution is 0.445. The van der Waals surface area contributed by atoms with Gasteiger partial charge in [-0.1, -0.05) is 30.3 Å². The van der Waals surface area contributed by atoms with E-state index >= 15 is 0 Å². The Balaban J connectivity index is 3.22. The third-order valence-electron chi connectivity index (χ3n) is 1.30. The molecule has 0 aliphatic rings. The van der Waals surface area contributed by atoms with Gasteiger partial charge in [0.15, 0.2) is 0 Å². The van der Waals surface area contributed by atoms with E-state index in [1.54, 1.807) is 12.1 Å². The third kappa shape index (κ3) is 2.23. The van der Waals surface area contributed by atoms with Crippen LogP contribution in [0.5, 0.6) is 0 Å². The molecule has 0 unspecified atom stereocenters. The molecular formula is C8H7ClO3S. The van der Waals surface area contributed by atoms with Crippen molar-refractivity contribution in [2.24, 2.45) is 0 Å². The van der Waals surface area contributed by atoms with E-state index in [2.05, 4.69) is 10.8 Å². The molecule has 0 spiro atoms. The first-order valence-electron chi connectivity index (χ1n) is 3.36. The van der Waals surface area contributed by atoms with Crippen molar-refractivity contribution in [2.45, 2.75) is 4.90 Å². The Bertz CT molecular complexity index is 411. The van der Waals surface area contributed by atoms with Gasteiger partial charge in [-0.05, 0) is 12.1 Å². The summed E-state index contributed by atoms with van der Waals surface area (Å²) in [6.45, 7) is 3.16. The molecule has 0 N–H and O–H groups in total. The van der Waals surface area contributed by atoms with Gasteiger partial charge in [-0.15, -0.1) is 0 Å². The highest BCUT2D eigenvalue weighted by atomic mass is 35.5. The smallest absolute Gasteiger partial charge is 0.340 e. The summed E-state index contributed by atoms with van der Waals surface area (Å²) in [6, 6.07) is 6.03. The summed E-state index contributed by atoms with van der Waals surface area (Å²) in [5.41, 5.74) is 0. The molecule has 0 fully saturated rings. The monoisotopic (exact) mass is 218 g/mol. The summed E-state index contributed by atoms with van der Waals surface area (Å²) in [5, 5.41) is 0.129. The van der Waals surface area contributed by atoms with Crippen molar-refractivity contribution in [3.05, 3.63) is 42.1 Å². The van der Waals surface area contributed by atoms with Crippen molar-refractivity contribution < 1.29 is 12.6 Å². The molecule has 0 bridgehead atoms. The molecule has 0 heterocycles. The Hall–Kier alpha value is -1.00. The predicted octanol–water partition coefficient (Wildman–Crippen LogP) is 2.19. The summed E-state index contributed by atoms with van der Waals surface area (Å²) in [6.07, 6.45) is 0.846. The fourth-order valence-corrected chi connectivity index (χ4v) is 2.04. The Kier molecular flexibility index (Phi) is 2.95. The average molecular weight is 219 g/mol. The molecule has 0 aromatic heterocycles. The van der Waals surface area contributed by atoms with Crippen LogP contribution in [-0.2, 0) is 14.3 Å². The molecule has 1 rings (SSSR count). The summed E-state index contributed by atoms with van der Waals surface area (Å²) in [5.74, 6) is 0. The van der Waals surface area contributed by atoms with E-state index < -0.39 is 10.1 Å². The minimum Gasteiger partial charge on any atom is -0.388 e. The molecular weight excluding hydrogens is 212 g/mol. The fourth-order valence-electron chi connectivity index (χ4n) is 0.789. The Morgan fingerprint density at radius 1 is 1.38 bits per heavy atom. The van der Waals surface area contributed by atoms with Gasteiger partial charge in [0.2, 0.25) is 0 Å². The van der Waals surface area contributed by atoms with Crippen molar-refractivity contribution in [1.29, 1.82) is 0 Å². The molecule has 1 aromatic carbocycles. The second-order valence-corrected chi connectivity index (χ2v) is 4.10. The van der Waals surface area contributed by atoms with Crippen LogP contribution < -0.4 is 0 Å². The number of rotatable bonds is 3. The molecule has 3 nitrogen and oxygen atoms in total. The highest BCUT2D eigenvalue weighted by Gasteiger charge is 2.16. The van der Waals surface area contributed by atoms with Gasteiger partial charge in [0.1, 0.15) is 4.90 Å². The second-order valence-electron chi connectivity index (χ2n) is 2.15. The SMILES string of the molecule is C=COS(=O)(=O)c1ccccc1Cl. The van der Waals surface area contributed by atoms with Crippen molar-refractivity contribution in [3.8, 4) is 0 Å². The van der Waals surface area contributed by atoms with E-state index in [-0.39, 0.29) is 9.92 Å². The molecule has 70 valence electrons. The lowest BCUT2D eigenvalue weighted by atomic mass is 10.4. The Morgan fingerprint density at radius 2 is 2.00 bits per heavy atom. The van der Waals surface area contributed by atoms with E-state index in [1.807, 2.05) is 0 Å².